The van der Waals surface area contributed by atoms with E-state index >= 15 is 0 Å². The number of hydrogen-bond donors (Lipinski definition) is 1. The highest BCUT2D eigenvalue weighted by Crippen LogP contribution is 2.18. The summed E-state index contributed by atoms with van der Waals surface area (Å²) in [5.41, 5.74) is 6.62. The maximum absolute atomic E-state index is 13.2. The molecule has 0 spiro atoms. The molecule has 18 heavy (non-hydrogen) atoms. The molecule has 0 unspecified atom stereocenters. The van der Waals surface area contributed by atoms with Crippen molar-refractivity contribution in [3.05, 3.63) is 29.1 Å². The van der Waals surface area contributed by atoms with Crippen molar-refractivity contribution in [3.63, 3.8) is 0 Å². The first-order chi connectivity index (χ1) is 8.47. The van der Waals surface area contributed by atoms with E-state index in [1.807, 2.05) is 0 Å². The molecule has 1 amide bonds. The number of halogens is 1. The number of hydrogen-bond acceptors (Lipinski definition) is 2. The van der Waals surface area contributed by atoms with E-state index in [4.69, 9.17) is 5.73 Å². The van der Waals surface area contributed by atoms with E-state index in [0.29, 0.717) is 17.7 Å². The Labute approximate surface area is 108 Å². The predicted octanol–water partition coefficient (Wildman–Crippen LogP) is 2.98. The number of aryl methyl sites for hydroxylation is 1. The van der Waals surface area contributed by atoms with Crippen LogP contribution in [-0.2, 0) is 0 Å². The molecule has 3 nitrogen and oxygen atoms in total. The summed E-state index contributed by atoms with van der Waals surface area (Å²) in [6, 6.07) is 2.73. The number of anilines is 1. The van der Waals surface area contributed by atoms with Gasteiger partial charge in [-0.2, -0.15) is 0 Å². The van der Waals surface area contributed by atoms with Gasteiger partial charge in [0.2, 0.25) is 0 Å². The zero-order valence-corrected chi connectivity index (χ0v) is 11.3. The second-order valence-corrected chi connectivity index (χ2v) is 4.62. The van der Waals surface area contributed by atoms with Gasteiger partial charge in [-0.3, -0.25) is 4.79 Å². The van der Waals surface area contributed by atoms with Crippen LogP contribution in [-0.4, -0.2) is 24.4 Å². The Balaban J connectivity index is 2.80. The van der Waals surface area contributed by atoms with E-state index in [1.165, 1.54) is 12.1 Å². The number of rotatable bonds is 5. The molecule has 0 heterocycles. The van der Waals surface area contributed by atoms with E-state index in [0.717, 1.165) is 19.3 Å². The molecule has 1 rings (SSSR count). The number of carbonyl (C=O) groups excluding carboxylic acids is 1. The fourth-order valence-corrected chi connectivity index (χ4v) is 1.83. The van der Waals surface area contributed by atoms with Crippen LogP contribution < -0.4 is 5.73 Å². The van der Waals surface area contributed by atoms with Crippen molar-refractivity contribution in [2.45, 2.75) is 33.1 Å². The van der Waals surface area contributed by atoms with Crippen molar-refractivity contribution < 1.29 is 9.18 Å². The van der Waals surface area contributed by atoms with Gasteiger partial charge in [0.05, 0.1) is 5.69 Å². The summed E-state index contributed by atoms with van der Waals surface area (Å²) in [6.45, 7) is 4.55. The van der Waals surface area contributed by atoms with Crippen molar-refractivity contribution in [2.75, 3.05) is 19.3 Å². The lowest BCUT2D eigenvalue weighted by Crippen LogP contribution is -2.28. The highest BCUT2D eigenvalue weighted by molar-refractivity contribution is 5.96. The summed E-state index contributed by atoms with van der Waals surface area (Å²) >= 11 is 0. The van der Waals surface area contributed by atoms with Crippen LogP contribution in [0.15, 0.2) is 12.1 Å². The van der Waals surface area contributed by atoms with Crippen molar-refractivity contribution in [3.8, 4) is 0 Å². The molecule has 1 aromatic carbocycles. The second kappa shape index (κ2) is 6.38. The first-order valence-corrected chi connectivity index (χ1v) is 6.28. The van der Waals surface area contributed by atoms with Gasteiger partial charge in [0, 0.05) is 19.2 Å². The molecule has 1 aromatic rings. The third-order valence-corrected chi connectivity index (χ3v) is 3.02. The van der Waals surface area contributed by atoms with Gasteiger partial charge in [-0.25, -0.2) is 4.39 Å². The molecule has 0 aliphatic rings. The summed E-state index contributed by atoms with van der Waals surface area (Å²) in [5, 5.41) is 0. The minimum atomic E-state index is -0.474. The quantitative estimate of drug-likeness (QED) is 0.647. The molecule has 0 aromatic heterocycles. The Bertz CT molecular complexity index is 432. The molecule has 0 saturated carbocycles. The Kier molecular flexibility index (Phi) is 5.13. The van der Waals surface area contributed by atoms with Gasteiger partial charge in [0.25, 0.3) is 5.91 Å². The van der Waals surface area contributed by atoms with Crippen molar-refractivity contribution in [1.82, 2.24) is 4.90 Å². The van der Waals surface area contributed by atoms with E-state index in [1.54, 1.807) is 18.9 Å². The number of nitrogen functional groups attached to an aromatic ring is 1. The van der Waals surface area contributed by atoms with Crippen molar-refractivity contribution in [1.29, 1.82) is 0 Å². The Morgan fingerprint density at radius 3 is 2.67 bits per heavy atom. The van der Waals surface area contributed by atoms with Crippen LogP contribution in [0, 0.1) is 12.7 Å². The van der Waals surface area contributed by atoms with E-state index in [9.17, 15) is 9.18 Å². The Morgan fingerprint density at radius 1 is 1.39 bits per heavy atom. The molecule has 0 aliphatic carbocycles. The lowest BCUT2D eigenvalue weighted by Gasteiger charge is -2.18. The van der Waals surface area contributed by atoms with Crippen molar-refractivity contribution >= 4 is 11.6 Å². The summed E-state index contributed by atoms with van der Waals surface area (Å²) in [6.07, 6.45) is 3.20. The second-order valence-electron chi connectivity index (χ2n) is 4.62. The molecule has 0 bridgehead atoms. The van der Waals surface area contributed by atoms with Gasteiger partial charge in [0.1, 0.15) is 5.82 Å². The number of unbranched alkanes of at least 4 members (excludes halogenated alkanes) is 2. The van der Waals surface area contributed by atoms with Gasteiger partial charge >= 0.3 is 0 Å². The van der Waals surface area contributed by atoms with Gasteiger partial charge in [0.15, 0.2) is 0 Å². The van der Waals surface area contributed by atoms with Gasteiger partial charge in [-0.15, -0.1) is 0 Å². The van der Waals surface area contributed by atoms with Crippen LogP contribution in [0.4, 0.5) is 10.1 Å². The monoisotopic (exact) mass is 252 g/mol. The standard InChI is InChI=1S/C14H21FN2O/c1-4-5-6-7-17(3)14(18)11-9-13(16)12(15)8-10(11)2/h8-9H,4-7,16H2,1-3H3. The first-order valence-electron chi connectivity index (χ1n) is 6.28. The number of nitrogens with zero attached hydrogens (tertiary/aromatic N) is 1. The normalized spacial score (nSPS) is 10.4. The summed E-state index contributed by atoms with van der Waals surface area (Å²) in [5.74, 6) is -0.576. The summed E-state index contributed by atoms with van der Waals surface area (Å²) in [7, 11) is 1.76. The molecule has 4 heteroatoms. The highest BCUT2D eigenvalue weighted by atomic mass is 19.1. The minimum absolute atomic E-state index is 0.0194. The van der Waals surface area contributed by atoms with E-state index in [-0.39, 0.29) is 11.6 Å². The number of benzene rings is 1. The molecule has 0 saturated heterocycles. The molecule has 100 valence electrons. The molecule has 0 aliphatic heterocycles. The van der Waals surface area contributed by atoms with E-state index in [2.05, 4.69) is 6.92 Å². The van der Waals surface area contributed by atoms with Crippen LogP contribution in [0.3, 0.4) is 0 Å². The maximum atomic E-state index is 13.2. The van der Waals surface area contributed by atoms with Crippen LogP contribution >= 0.6 is 0 Å². The molecule has 0 fully saturated rings. The van der Waals surface area contributed by atoms with Gasteiger partial charge < -0.3 is 10.6 Å². The fourth-order valence-electron chi connectivity index (χ4n) is 1.83. The predicted molar refractivity (Wildman–Crippen MR) is 72.0 cm³/mol. The molecule has 0 atom stereocenters. The lowest BCUT2D eigenvalue weighted by atomic mass is 10.1. The molecular formula is C14H21FN2O. The minimum Gasteiger partial charge on any atom is -0.396 e. The van der Waals surface area contributed by atoms with Crippen LogP contribution in [0.1, 0.15) is 42.1 Å². The summed E-state index contributed by atoms with van der Waals surface area (Å²) < 4.78 is 13.2. The molecular weight excluding hydrogens is 231 g/mol. The lowest BCUT2D eigenvalue weighted by molar-refractivity contribution is 0.0792. The highest BCUT2D eigenvalue weighted by Gasteiger charge is 2.15. The van der Waals surface area contributed by atoms with Crippen LogP contribution in [0.5, 0.6) is 0 Å². The van der Waals surface area contributed by atoms with Gasteiger partial charge in [-0.05, 0) is 31.0 Å². The SMILES string of the molecule is CCCCCN(C)C(=O)c1cc(N)c(F)cc1C. The topological polar surface area (TPSA) is 46.3 Å². The van der Waals surface area contributed by atoms with Gasteiger partial charge in [-0.1, -0.05) is 19.8 Å². The number of nitrogens with two attached hydrogens (primary N) is 1. The van der Waals surface area contributed by atoms with Crippen molar-refractivity contribution in [2.24, 2.45) is 0 Å². The average Bonchev–Trinajstić information content (AvgIpc) is 2.33. The third kappa shape index (κ3) is 3.45. The third-order valence-electron chi connectivity index (χ3n) is 3.02. The molecule has 2 N–H and O–H groups in total. The zero-order valence-electron chi connectivity index (χ0n) is 11.3. The first kappa shape index (κ1) is 14.5. The zero-order chi connectivity index (χ0) is 13.7. The van der Waals surface area contributed by atoms with Crippen LogP contribution in [0.2, 0.25) is 0 Å². The Hall–Kier alpha value is -1.58. The smallest absolute Gasteiger partial charge is 0.253 e. The Morgan fingerprint density at radius 2 is 2.06 bits per heavy atom. The largest absolute Gasteiger partial charge is 0.396 e. The summed E-state index contributed by atoms with van der Waals surface area (Å²) in [4.78, 5) is 13.8. The maximum Gasteiger partial charge on any atom is 0.253 e. The number of amides is 1. The average molecular weight is 252 g/mol. The molecule has 0 radical (unpaired) electrons. The fraction of sp³-hybridized carbons (Fsp3) is 0.500. The van der Waals surface area contributed by atoms with E-state index < -0.39 is 5.82 Å². The van der Waals surface area contributed by atoms with Crippen LogP contribution in [0.25, 0.3) is 0 Å². The number of carbonyl (C=O) groups is 1.